The molecule has 1 atom stereocenters. The van der Waals surface area contributed by atoms with Crippen LogP contribution in [-0.2, 0) is 27.7 Å². The zero-order chi connectivity index (χ0) is 22.1. The van der Waals surface area contributed by atoms with Crippen LogP contribution in [0, 0.1) is 11.6 Å². The third-order valence-corrected chi connectivity index (χ3v) is 4.52. The van der Waals surface area contributed by atoms with Crippen LogP contribution in [0.2, 0.25) is 0 Å². The second-order valence-electron chi connectivity index (χ2n) is 8.29. The van der Waals surface area contributed by atoms with Crippen LogP contribution in [0.5, 0.6) is 0 Å². The standard InChI is InChI=1S/C21H27F2N3O4/c1-12(30-20(27)24-21(2,3)4)18-16(11-17-28-6-7-29-17)19(26(5)25-18)13-8-14(22)10-15(23)9-13/h8-10,12,17H,6-7,11H2,1-5H3,(H,24,27)/t12-/m0/s1. The molecule has 0 unspecified atom stereocenters. The predicted octanol–water partition coefficient (Wildman–Crippen LogP) is 3.87. The second-order valence-corrected chi connectivity index (χ2v) is 8.29. The van der Waals surface area contributed by atoms with Crippen LogP contribution in [0.3, 0.4) is 0 Å². The average molecular weight is 423 g/mol. The van der Waals surface area contributed by atoms with E-state index in [1.54, 1.807) is 14.0 Å². The highest BCUT2D eigenvalue weighted by Crippen LogP contribution is 2.33. The molecule has 0 radical (unpaired) electrons. The Hall–Kier alpha value is -2.52. The highest BCUT2D eigenvalue weighted by molar-refractivity contribution is 5.69. The number of halogens is 2. The summed E-state index contributed by atoms with van der Waals surface area (Å²) in [7, 11) is 1.67. The van der Waals surface area contributed by atoms with E-state index in [1.165, 1.54) is 16.8 Å². The number of aromatic nitrogens is 2. The van der Waals surface area contributed by atoms with Gasteiger partial charge in [-0.15, -0.1) is 0 Å². The van der Waals surface area contributed by atoms with E-state index in [9.17, 15) is 13.6 Å². The van der Waals surface area contributed by atoms with Gasteiger partial charge in [0.05, 0.1) is 18.9 Å². The van der Waals surface area contributed by atoms with Crippen molar-refractivity contribution in [1.29, 1.82) is 0 Å². The van der Waals surface area contributed by atoms with Crippen molar-refractivity contribution < 1.29 is 27.8 Å². The lowest BCUT2D eigenvalue weighted by atomic mass is 10.0. The van der Waals surface area contributed by atoms with Gasteiger partial charge in [0.1, 0.15) is 23.4 Å². The number of rotatable bonds is 5. The highest BCUT2D eigenvalue weighted by atomic mass is 19.1. The van der Waals surface area contributed by atoms with Crippen LogP contribution >= 0.6 is 0 Å². The molecule has 164 valence electrons. The maximum absolute atomic E-state index is 13.9. The molecule has 3 rings (SSSR count). The molecule has 2 aromatic rings. The Kier molecular flexibility index (Phi) is 6.42. The summed E-state index contributed by atoms with van der Waals surface area (Å²) in [4.78, 5) is 12.2. The fourth-order valence-electron chi connectivity index (χ4n) is 3.41. The lowest BCUT2D eigenvalue weighted by molar-refractivity contribution is -0.0402. The molecule has 2 heterocycles. The number of benzene rings is 1. The third kappa shape index (κ3) is 5.34. The Morgan fingerprint density at radius 3 is 2.43 bits per heavy atom. The van der Waals surface area contributed by atoms with Crippen LogP contribution in [0.25, 0.3) is 11.3 Å². The number of nitrogens with zero attached hydrogens (tertiary/aromatic N) is 2. The molecule has 1 aromatic carbocycles. The molecule has 30 heavy (non-hydrogen) atoms. The van der Waals surface area contributed by atoms with Crippen molar-refractivity contribution >= 4 is 6.09 Å². The van der Waals surface area contributed by atoms with Crippen molar-refractivity contribution in [2.75, 3.05) is 13.2 Å². The fourth-order valence-corrected chi connectivity index (χ4v) is 3.41. The van der Waals surface area contributed by atoms with Crippen molar-refractivity contribution in [3.63, 3.8) is 0 Å². The number of hydrogen-bond acceptors (Lipinski definition) is 5. The van der Waals surface area contributed by atoms with E-state index in [4.69, 9.17) is 14.2 Å². The number of alkyl carbamates (subject to hydrolysis) is 1. The summed E-state index contributed by atoms with van der Waals surface area (Å²) in [5, 5.41) is 7.23. The predicted molar refractivity (Wildman–Crippen MR) is 106 cm³/mol. The molecule has 0 aliphatic carbocycles. The molecule has 1 amide bonds. The fraction of sp³-hybridized carbons (Fsp3) is 0.524. The Morgan fingerprint density at radius 2 is 1.87 bits per heavy atom. The second kappa shape index (κ2) is 8.69. The van der Waals surface area contributed by atoms with Gasteiger partial charge in [-0.05, 0) is 39.8 Å². The number of carbonyl (C=O) groups excluding carboxylic acids is 1. The molecule has 1 aliphatic heterocycles. The van der Waals surface area contributed by atoms with Gasteiger partial charge < -0.3 is 19.5 Å². The highest BCUT2D eigenvalue weighted by Gasteiger charge is 2.29. The van der Waals surface area contributed by atoms with Gasteiger partial charge in [0, 0.05) is 36.2 Å². The van der Waals surface area contributed by atoms with Gasteiger partial charge in [-0.1, -0.05) is 0 Å². The summed E-state index contributed by atoms with van der Waals surface area (Å²) >= 11 is 0. The minimum absolute atomic E-state index is 0.297. The van der Waals surface area contributed by atoms with Gasteiger partial charge in [0.2, 0.25) is 0 Å². The average Bonchev–Trinajstić information content (AvgIpc) is 3.20. The molecular weight excluding hydrogens is 396 g/mol. The minimum atomic E-state index is -0.706. The number of nitrogens with one attached hydrogen (secondary N) is 1. The summed E-state index contributed by atoms with van der Waals surface area (Å²) in [5.41, 5.74) is 1.49. The zero-order valence-corrected chi connectivity index (χ0v) is 17.8. The lowest BCUT2D eigenvalue weighted by Gasteiger charge is -2.22. The smallest absolute Gasteiger partial charge is 0.408 e. The molecule has 0 bridgehead atoms. The topological polar surface area (TPSA) is 74.6 Å². The molecule has 1 N–H and O–H groups in total. The van der Waals surface area contributed by atoms with E-state index in [2.05, 4.69) is 10.4 Å². The molecule has 1 aromatic heterocycles. The van der Waals surface area contributed by atoms with E-state index in [-0.39, 0.29) is 0 Å². The normalized spacial score (nSPS) is 16.0. The number of aryl methyl sites for hydroxylation is 1. The van der Waals surface area contributed by atoms with Crippen molar-refractivity contribution in [1.82, 2.24) is 15.1 Å². The van der Waals surface area contributed by atoms with Crippen LogP contribution < -0.4 is 5.32 Å². The third-order valence-electron chi connectivity index (χ3n) is 4.52. The molecule has 7 nitrogen and oxygen atoms in total. The minimum Gasteiger partial charge on any atom is -0.440 e. The summed E-state index contributed by atoms with van der Waals surface area (Å²) in [6.07, 6.45) is -1.51. The van der Waals surface area contributed by atoms with Crippen LogP contribution in [0.1, 0.15) is 45.1 Å². The summed E-state index contributed by atoms with van der Waals surface area (Å²) in [6.45, 7) is 8.15. The Balaban J connectivity index is 1.98. The van der Waals surface area contributed by atoms with E-state index in [1.807, 2.05) is 20.8 Å². The summed E-state index contributed by atoms with van der Waals surface area (Å²) in [5.74, 6) is -1.39. The van der Waals surface area contributed by atoms with Crippen LogP contribution in [0.15, 0.2) is 18.2 Å². The van der Waals surface area contributed by atoms with E-state index >= 15 is 0 Å². The van der Waals surface area contributed by atoms with Gasteiger partial charge in [-0.25, -0.2) is 13.6 Å². The summed E-state index contributed by atoms with van der Waals surface area (Å²) < 4.78 is 45.9. The molecule has 0 saturated carbocycles. The first-order chi connectivity index (χ1) is 14.0. The molecule has 1 saturated heterocycles. The van der Waals surface area contributed by atoms with E-state index < -0.39 is 35.7 Å². The Morgan fingerprint density at radius 1 is 1.27 bits per heavy atom. The first-order valence-corrected chi connectivity index (χ1v) is 9.77. The molecule has 0 spiro atoms. The molecular formula is C21H27F2N3O4. The van der Waals surface area contributed by atoms with Gasteiger partial charge in [0.25, 0.3) is 0 Å². The zero-order valence-electron chi connectivity index (χ0n) is 17.8. The first-order valence-electron chi connectivity index (χ1n) is 9.77. The van der Waals surface area contributed by atoms with Crippen LogP contribution in [-0.4, -0.2) is 40.9 Å². The van der Waals surface area contributed by atoms with E-state index in [0.717, 1.165) is 6.07 Å². The number of carbonyl (C=O) groups is 1. The van der Waals surface area contributed by atoms with Gasteiger partial charge in [-0.3, -0.25) is 4.68 Å². The largest absolute Gasteiger partial charge is 0.440 e. The van der Waals surface area contributed by atoms with Crippen molar-refractivity contribution in [3.8, 4) is 11.3 Å². The SMILES string of the molecule is C[C@H](OC(=O)NC(C)(C)C)c1nn(C)c(-c2cc(F)cc(F)c2)c1CC1OCCO1. The quantitative estimate of drug-likeness (QED) is 0.790. The number of amides is 1. The van der Waals surface area contributed by atoms with Crippen molar-refractivity contribution in [2.24, 2.45) is 7.05 Å². The van der Waals surface area contributed by atoms with Crippen LogP contribution in [0.4, 0.5) is 13.6 Å². The monoisotopic (exact) mass is 423 g/mol. The van der Waals surface area contributed by atoms with Crippen molar-refractivity contribution in [2.45, 2.75) is 52.0 Å². The summed E-state index contributed by atoms with van der Waals surface area (Å²) in [6, 6.07) is 3.29. The maximum Gasteiger partial charge on any atom is 0.408 e. The lowest BCUT2D eigenvalue weighted by Crippen LogP contribution is -2.41. The molecule has 1 aliphatic rings. The maximum atomic E-state index is 13.9. The van der Waals surface area contributed by atoms with E-state index in [0.29, 0.717) is 42.1 Å². The number of hydrogen-bond donors (Lipinski definition) is 1. The Labute approximate surface area is 174 Å². The first kappa shape index (κ1) is 22.2. The molecule has 9 heteroatoms. The Bertz CT molecular complexity index is 897. The van der Waals surface area contributed by atoms with Gasteiger partial charge >= 0.3 is 6.09 Å². The number of ether oxygens (including phenoxy) is 3. The van der Waals surface area contributed by atoms with Gasteiger partial charge in [0.15, 0.2) is 6.29 Å². The van der Waals surface area contributed by atoms with Gasteiger partial charge in [-0.2, -0.15) is 5.10 Å². The van der Waals surface area contributed by atoms with Crippen molar-refractivity contribution in [3.05, 3.63) is 41.1 Å². The molecule has 1 fully saturated rings.